The highest BCUT2D eigenvalue weighted by Crippen LogP contribution is 2.30. The molecule has 20 heavy (non-hydrogen) atoms. The lowest BCUT2D eigenvalue weighted by molar-refractivity contribution is 0.277. The van der Waals surface area contributed by atoms with E-state index in [4.69, 9.17) is 0 Å². The highest BCUT2D eigenvalue weighted by Gasteiger charge is 2.24. The van der Waals surface area contributed by atoms with Crippen LogP contribution in [-0.2, 0) is 4.74 Å². The SMILES string of the molecule is C=Cc1c(F)c(F)c(OCC)c(F)c1F.CC.COC. The molecule has 1 aromatic carbocycles. The molecule has 6 heteroatoms. The minimum absolute atomic E-state index is 0.0971. The van der Waals surface area contributed by atoms with Crippen molar-refractivity contribution < 1.29 is 27.0 Å². The Bertz CT molecular complexity index is 391. The fourth-order valence-corrected chi connectivity index (χ4v) is 1.08. The normalized spacial score (nSPS) is 8.85. The summed E-state index contributed by atoms with van der Waals surface area (Å²) in [5, 5.41) is 0. The van der Waals surface area contributed by atoms with Crippen molar-refractivity contribution in [3.05, 3.63) is 35.4 Å². The summed E-state index contributed by atoms with van der Waals surface area (Å²) in [5.41, 5.74) is -0.839. The van der Waals surface area contributed by atoms with Gasteiger partial charge >= 0.3 is 0 Å². The maximum absolute atomic E-state index is 13.1. The number of benzene rings is 1. The molecule has 0 aliphatic heterocycles. The molecule has 0 unspecified atom stereocenters. The van der Waals surface area contributed by atoms with Gasteiger partial charge in [-0.15, -0.1) is 0 Å². The van der Waals surface area contributed by atoms with Gasteiger partial charge in [-0.1, -0.05) is 26.5 Å². The van der Waals surface area contributed by atoms with Gasteiger partial charge in [0.15, 0.2) is 17.4 Å². The molecule has 0 saturated carbocycles. The van der Waals surface area contributed by atoms with E-state index in [0.717, 1.165) is 0 Å². The Labute approximate surface area is 117 Å². The van der Waals surface area contributed by atoms with E-state index >= 15 is 0 Å². The Morgan fingerprint density at radius 1 is 0.950 bits per heavy atom. The van der Waals surface area contributed by atoms with Gasteiger partial charge in [-0.25, -0.2) is 8.78 Å². The Balaban J connectivity index is 0. The summed E-state index contributed by atoms with van der Waals surface area (Å²) in [6.07, 6.45) is 0.701. The number of hydrogen-bond donors (Lipinski definition) is 0. The van der Waals surface area contributed by atoms with Crippen LogP contribution in [0.25, 0.3) is 6.08 Å². The van der Waals surface area contributed by atoms with Crippen molar-refractivity contribution in [3.8, 4) is 5.75 Å². The summed E-state index contributed by atoms with van der Waals surface area (Å²) in [7, 11) is 3.25. The first kappa shape index (κ1) is 20.8. The van der Waals surface area contributed by atoms with Gasteiger partial charge in [0.05, 0.1) is 12.2 Å². The van der Waals surface area contributed by atoms with E-state index in [1.54, 1.807) is 14.2 Å². The topological polar surface area (TPSA) is 18.5 Å². The molecule has 1 aromatic rings. The van der Waals surface area contributed by atoms with Crippen LogP contribution in [0.3, 0.4) is 0 Å². The minimum Gasteiger partial charge on any atom is -0.488 e. The van der Waals surface area contributed by atoms with Crippen molar-refractivity contribution >= 4 is 6.08 Å². The van der Waals surface area contributed by atoms with Gasteiger partial charge in [0.2, 0.25) is 11.6 Å². The third-order valence-corrected chi connectivity index (χ3v) is 1.75. The third kappa shape index (κ3) is 5.21. The molecule has 0 aliphatic carbocycles. The molecule has 0 amide bonds. The van der Waals surface area contributed by atoms with Gasteiger partial charge in [0.25, 0.3) is 0 Å². The highest BCUT2D eigenvalue weighted by molar-refractivity contribution is 5.51. The van der Waals surface area contributed by atoms with Gasteiger partial charge in [0.1, 0.15) is 0 Å². The zero-order valence-corrected chi connectivity index (χ0v) is 12.3. The average Bonchev–Trinajstić information content (AvgIpc) is 2.45. The third-order valence-electron chi connectivity index (χ3n) is 1.75. The van der Waals surface area contributed by atoms with Crippen molar-refractivity contribution in [3.63, 3.8) is 0 Å². The molecule has 0 N–H and O–H groups in total. The number of methoxy groups -OCH3 is 1. The molecule has 1 rings (SSSR count). The number of halogens is 4. The average molecular weight is 296 g/mol. The Morgan fingerprint density at radius 3 is 1.55 bits per heavy atom. The van der Waals surface area contributed by atoms with Crippen molar-refractivity contribution in [1.82, 2.24) is 0 Å². The van der Waals surface area contributed by atoms with Crippen LogP contribution < -0.4 is 4.74 Å². The molecule has 0 fully saturated rings. The number of ether oxygens (including phenoxy) is 2. The maximum Gasteiger partial charge on any atom is 0.204 e. The minimum atomic E-state index is -1.55. The molecular formula is C14H20F4O2. The second-order valence-corrected chi connectivity index (χ2v) is 3.04. The van der Waals surface area contributed by atoms with Crippen molar-refractivity contribution in [1.29, 1.82) is 0 Å². The van der Waals surface area contributed by atoms with Crippen LogP contribution in [0, 0.1) is 23.3 Å². The van der Waals surface area contributed by atoms with Gasteiger partial charge in [0, 0.05) is 14.2 Å². The lowest BCUT2D eigenvalue weighted by atomic mass is 10.1. The summed E-state index contributed by atoms with van der Waals surface area (Å²) in [6.45, 7) is 8.40. The molecule has 0 aliphatic rings. The van der Waals surface area contributed by atoms with Crippen LogP contribution >= 0.6 is 0 Å². The largest absolute Gasteiger partial charge is 0.488 e. The Kier molecular flexibility index (Phi) is 11.7. The summed E-state index contributed by atoms with van der Waals surface area (Å²) in [6, 6.07) is 0. The van der Waals surface area contributed by atoms with E-state index in [0.29, 0.717) is 6.08 Å². The molecule has 0 spiro atoms. The van der Waals surface area contributed by atoms with Crippen LogP contribution in [0.5, 0.6) is 5.75 Å². The predicted molar refractivity (Wildman–Crippen MR) is 71.8 cm³/mol. The summed E-state index contributed by atoms with van der Waals surface area (Å²) in [4.78, 5) is 0. The number of rotatable bonds is 3. The van der Waals surface area contributed by atoms with E-state index in [1.807, 2.05) is 13.8 Å². The fourth-order valence-electron chi connectivity index (χ4n) is 1.08. The van der Waals surface area contributed by atoms with Crippen molar-refractivity contribution in [2.75, 3.05) is 20.8 Å². The lowest BCUT2D eigenvalue weighted by Crippen LogP contribution is -2.05. The lowest BCUT2D eigenvalue weighted by Gasteiger charge is -2.09. The van der Waals surface area contributed by atoms with Crippen LogP contribution in [0.2, 0.25) is 0 Å². The van der Waals surface area contributed by atoms with Gasteiger partial charge < -0.3 is 9.47 Å². The van der Waals surface area contributed by atoms with Crippen LogP contribution in [0.15, 0.2) is 6.58 Å². The zero-order chi connectivity index (χ0) is 16.3. The first-order chi connectivity index (χ1) is 9.45. The van der Waals surface area contributed by atoms with E-state index in [1.165, 1.54) is 6.92 Å². The molecule has 0 bridgehead atoms. The predicted octanol–water partition coefficient (Wildman–Crippen LogP) is 4.57. The fraction of sp³-hybridized carbons (Fsp3) is 0.429. The molecular weight excluding hydrogens is 276 g/mol. The molecule has 0 atom stereocenters. The van der Waals surface area contributed by atoms with Crippen molar-refractivity contribution in [2.45, 2.75) is 20.8 Å². The second-order valence-electron chi connectivity index (χ2n) is 3.04. The number of hydrogen-bond acceptors (Lipinski definition) is 2. The quantitative estimate of drug-likeness (QED) is 0.600. The van der Waals surface area contributed by atoms with Gasteiger partial charge in [-0.3, -0.25) is 0 Å². The second kappa shape index (κ2) is 11.3. The summed E-state index contributed by atoms with van der Waals surface area (Å²) in [5.74, 6) is -7.16. The molecule has 0 aromatic heterocycles. The van der Waals surface area contributed by atoms with Gasteiger partial charge in [-0.05, 0) is 6.92 Å². The van der Waals surface area contributed by atoms with Crippen molar-refractivity contribution in [2.24, 2.45) is 0 Å². The van der Waals surface area contributed by atoms with E-state index in [-0.39, 0.29) is 6.61 Å². The highest BCUT2D eigenvalue weighted by atomic mass is 19.2. The summed E-state index contributed by atoms with van der Waals surface area (Å²) < 4.78 is 61.1. The van der Waals surface area contributed by atoms with E-state index in [2.05, 4.69) is 16.1 Å². The van der Waals surface area contributed by atoms with Crippen LogP contribution in [0.1, 0.15) is 26.3 Å². The smallest absolute Gasteiger partial charge is 0.204 e. The van der Waals surface area contributed by atoms with Gasteiger partial charge in [-0.2, -0.15) is 8.78 Å². The molecule has 0 heterocycles. The standard InChI is InChI=1S/C10H8F4O.C2H6O.C2H6/c1-3-5-6(11)8(13)10(15-4-2)9(14)7(5)12;1-3-2;1-2/h3H,1,4H2,2H3;1-2H3;1-2H3. The summed E-state index contributed by atoms with van der Waals surface area (Å²) >= 11 is 0. The Morgan fingerprint density at radius 2 is 1.30 bits per heavy atom. The van der Waals surface area contributed by atoms with E-state index in [9.17, 15) is 17.6 Å². The van der Waals surface area contributed by atoms with E-state index < -0.39 is 34.6 Å². The maximum atomic E-state index is 13.1. The van der Waals surface area contributed by atoms with Crippen LogP contribution in [0.4, 0.5) is 17.6 Å². The first-order valence-corrected chi connectivity index (χ1v) is 5.97. The zero-order valence-electron chi connectivity index (χ0n) is 12.3. The molecule has 0 saturated heterocycles. The van der Waals surface area contributed by atoms with Crippen LogP contribution in [-0.4, -0.2) is 20.8 Å². The first-order valence-electron chi connectivity index (χ1n) is 5.97. The Hall–Kier alpha value is -1.56. The molecule has 2 nitrogen and oxygen atoms in total. The molecule has 116 valence electrons. The monoisotopic (exact) mass is 296 g/mol. The molecule has 0 radical (unpaired) electrons.